The normalized spacial score (nSPS) is 11.0. The summed E-state index contributed by atoms with van der Waals surface area (Å²) in [6.07, 6.45) is 5.63. The molecule has 0 N–H and O–H groups in total. The van der Waals surface area contributed by atoms with Crippen molar-refractivity contribution >= 4 is 11.0 Å². The summed E-state index contributed by atoms with van der Waals surface area (Å²) < 4.78 is 51.9. The molecular weight excluding hydrogens is 224 g/mol. The minimum Gasteiger partial charge on any atom is -0.273 e. The Hall–Kier alpha value is -2.03. The molecular formula is C10H4F4N2. The molecule has 1 heterocycles. The Morgan fingerprint density at radius 2 is 2.06 bits per heavy atom. The average Bonchev–Trinajstić information content (AvgIpc) is 2.62. The van der Waals surface area contributed by atoms with Crippen molar-refractivity contribution in [3.8, 4) is 12.3 Å². The van der Waals surface area contributed by atoms with Gasteiger partial charge in [-0.1, -0.05) is 5.92 Å². The highest BCUT2D eigenvalue weighted by Gasteiger charge is 2.18. The van der Waals surface area contributed by atoms with E-state index in [9.17, 15) is 17.6 Å². The smallest absolute Gasteiger partial charge is 0.273 e. The van der Waals surface area contributed by atoms with Crippen molar-refractivity contribution in [1.82, 2.24) is 9.55 Å². The predicted octanol–water partition coefficient (Wildman–Crippen LogP) is 2.69. The molecule has 2 rings (SSSR count). The first-order chi connectivity index (χ1) is 7.56. The zero-order valence-electron chi connectivity index (χ0n) is 7.72. The van der Waals surface area contributed by atoms with Crippen LogP contribution in [0.4, 0.5) is 17.6 Å². The predicted molar refractivity (Wildman–Crippen MR) is 48.8 cm³/mol. The Morgan fingerprint density at radius 1 is 1.38 bits per heavy atom. The number of hydrogen-bond donors (Lipinski definition) is 0. The molecule has 0 aliphatic carbocycles. The summed E-state index contributed by atoms with van der Waals surface area (Å²) in [5.41, 5.74) is -1.30. The lowest BCUT2D eigenvalue weighted by Crippen LogP contribution is -1.98. The van der Waals surface area contributed by atoms with E-state index in [0.717, 1.165) is 12.4 Å². The molecule has 0 unspecified atom stereocenters. The summed E-state index contributed by atoms with van der Waals surface area (Å²) >= 11 is 0. The number of imidazole rings is 1. The van der Waals surface area contributed by atoms with Crippen LogP contribution in [0.15, 0.2) is 12.4 Å². The molecule has 0 spiro atoms. The van der Waals surface area contributed by atoms with Crippen LogP contribution >= 0.6 is 0 Å². The Balaban J connectivity index is 2.85. The van der Waals surface area contributed by atoms with Gasteiger partial charge in [-0.2, -0.15) is 8.78 Å². The Morgan fingerprint density at radius 3 is 2.62 bits per heavy atom. The highest BCUT2D eigenvalue weighted by molar-refractivity contribution is 5.78. The zero-order valence-corrected chi connectivity index (χ0v) is 7.72. The van der Waals surface area contributed by atoms with Gasteiger partial charge in [0.2, 0.25) is 0 Å². The summed E-state index contributed by atoms with van der Waals surface area (Å²) in [5, 5.41) is 0. The largest absolute Gasteiger partial charge is 0.320 e. The van der Waals surface area contributed by atoms with Gasteiger partial charge >= 0.3 is 6.55 Å². The molecule has 0 saturated heterocycles. The van der Waals surface area contributed by atoms with Gasteiger partial charge in [0.15, 0.2) is 5.82 Å². The van der Waals surface area contributed by atoms with Gasteiger partial charge in [-0.15, -0.1) is 6.42 Å². The number of halogens is 4. The van der Waals surface area contributed by atoms with Gasteiger partial charge in [0.05, 0.1) is 11.1 Å². The van der Waals surface area contributed by atoms with Gasteiger partial charge in [0.25, 0.3) is 0 Å². The summed E-state index contributed by atoms with van der Waals surface area (Å²) in [7, 11) is 0. The zero-order chi connectivity index (χ0) is 11.9. The van der Waals surface area contributed by atoms with Crippen LogP contribution in [0.2, 0.25) is 0 Å². The summed E-state index contributed by atoms with van der Waals surface area (Å²) in [4.78, 5) is 3.43. The van der Waals surface area contributed by atoms with Crippen molar-refractivity contribution in [3.63, 3.8) is 0 Å². The van der Waals surface area contributed by atoms with Crippen LogP contribution in [0.3, 0.4) is 0 Å². The molecule has 2 aromatic rings. The summed E-state index contributed by atoms with van der Waals surface area (Å²) in [6, 6.07) is 0.743. The van der Waals surface area contributed by atoms with Gasteiger partial charge in [-0.25, -0.2) is 13.8 Å². The van der Waals surface area contributed by atoms with Crippen LogP contribution in [-0.4, -0.2) is 9.55 Å². The van der Waals surface area contributed by atoms with E-state index < -0.39 is 23.7 Å². The number of rotatable bonds is 1. The Kier molecular flexibility index (Phi) is 2.31. The van der Waals surface area contributed by atoms with Gasteiger partial charge in [0, 0.05) is 6.07 Å². The fourth-order valence-corrected chi connectivity index (χ4v) is 1.39. The van der Waals surface area contributed by atoms with Crippen molar-refractivity contribution in [2.75, 3.05) is 0 Å². The van der Waals surface area contributed by atoms with Crippen molar-refractivity contribution in [1.29, 1.82) is 0 Å². The molecule has 82 valence electrons. The second-order valence-electron chi connectivity index (χ2n) is 2.99. The van der Waals surface area contributed by atoms with Crippen LogP contribution in [0.25, 0.3) is 11.0 Å². The number of aromatic nitrogens is 2. The number of benzene rings is 1. The first-order valence-electron chi connectivity index (χ1n) is 4.15. The lowest BCUT2D eigenvalue weighted by Gasteiger charge is -2.03. The van der Waals surface area contributed by atoms with E-state index >= 15 is 0 Å². The highest BCUT2D eigenvalue weighted by Crippen LogP contribution is 2.25. The SMILES string of the molecule is C#Cc1c(F)cc2c(ncn2C(F)F)c1F. The van der Waals surface area contributed by atoms with Gasteiger partial charge in [-0.05, 0) is 0 Å². The third-order valence-electron chi connectivity index (χ3n) is 2.12. The molecule has 0 saturated carbocycles. The molecule has 16 heavy (non-hydrogen) atoms. The fourth-order valence-electron chi connectivity index (χ4n) is 1.39. The van der Waals surface area contributed by atoms with Crippen LogP contribution in [0.5, 0.6) is 0 Å². The maximum absolute atomic E-state index is 13.5. The summed E-state index contributed by atoms with van der Waals surface area (Å²) in [6.45, 7) is -2.92. The molecule has 0 aliphatic rings. The van der Waals surface area contributed by atoms with Gasteiger partial charge < -0.3 is 0 Å². The minimum atomic E-state index is -2.92. The molecule has 0 atom stereocenters. The van der Waals surface area contributed by atoms with Gasteiger partial charge in [0.1, 0.15) is 17.7 Å². The van der Waals surface area contributed by atoms with E-state index in [1.54, 1.807) is 0 Å². The highest BCUT2D eigenvalue weighted by atomic mass is 19.3. The van der Waals surface area contributed by atoms with Crippen LogP contribution in [0, 0.1) is 24.0 Å². The maximum atomic E-state index is 13.5. The Labute approximate surface area is 87.5 Å². The van der Waals surface area contributed by atoms with E-state index in [1.165, 1.54) is 0 Å². The number of terminal acetylenes is 1. The lowest BCUT2D eigenvalue weighted by molar-refractivity contribution is 0.0745. The molecule has 0 amide bonds. The number of hydrogen-bond acceptors (Lipinski definition) is 1. The molecule has 1 aromatic carbocycles. The number of fused-ring (bicyclic) bond motifs is 1. The average molecular weight is 228 g/mol. The molecule has 0 radical (unpaired) electrons. The van der Waals surface area contributed by atoms with Crippen molar-refractivity contribution in [2.45, 2.75) is 6.55 Å². The lowest BCUT2D eigenvalue weighted by atomic mass is 10.2. The Bertz CT molecular complexity index is 595. The van der Waals surface area contributed by atoms with Crippen LogP contribution in [-0.2, 0) is 0 Å². The third-order valence-corrected chi connectivity index (χ3v) is 2.12. The topological polar surface area (TPSA) is 17.8 Å². The monoisotopic (exact) mass is 228 g/mol. The van der Waals surface area contributed by atoms with E-state index in [2.05, 4.69) is 4.98 Å². The van der Waals surface area contributed by atoms with Crippen LogP contribution < -0.4 is 0 Å². The maximum Gasteiger partial charge on any atom is 0.320 e. The third kappa shape index (κ3) is 1.33. The second kappa shape index (κ2) is 3.52. The van der Waals surface area contributed by atoms with E-state index in [4.69, 9.17) is 6.42 Å². The molecule has 0 bridgehead atoms. The van der Waals surface area contributed by atoms with E-state index in [0.29, 0.717) is 4.57 Å². The number of nitrogens with zero attached hydrogens (tertiary/aromatic N) is 2. The first kappa shape index (κ1) is 10.5. The van der Waals surface area contributed by atoms with Gasteiger partial charge in [-0.3, -0.25) is 4.57 Å². The molecule has 0 fully saturated rings. The second-order valence-corrected chi connectivity index (χ2v) is 2.99. The van der Waals surface area contributed by atoms with Crippen molar-refractivity contribution in [2.24, 2.45) is 0 Å². The van der Waals surface area contributed by atoms with Crippen molar-refractivity contribution < 1.29 is 17.6 Å². The van der Waals surface area contributed by atoms with Crippen LogP contribution in [0.1, 0.15) is 12.1 Å². The first-order valence-corrected chi connectivity index (χ1v) is 4.15. The molecule has 1 aromatic heterocycles. The van der Waals surface area contributed by atoms with Crippen molar-refractivity contribution in [3.05, 3.63) is 29.6 Å². The quantitative estimate of drug-likeness (QED) is 0.542. The van der Waals surface area contributed by atoms with E-state index in [1.807, 2.05) is 5.92 Å². The molecule has 2 nitrogen and oxygen atoms in total. The molecule has 6 heteroatoms. The molecule has 0 aliphatic heterocycles. The fraction of sp³-hybridized carbons (Fsp3) is 0.100. The minimum absolute atomic E-state index is 0.330. The van der Waals surface area contributed by atoms with E-state index in [-0.39, 0.29) is 11.0 Å². The number of alkyl halides is 2. The standard InChI is InChI=1S/C10H4F4N2/c1-2-5-6(11)3-7-9(8(5)12)15-4-16(7)10(13)14/h1,3-4,10H. The summed E-state index contributed by atoms with van der Waals surface area (Å²) in [5.74, 6) is -0.353.